The van der Waals surface area contributed by atoms with E-state index >= 15 is 0 Å². The summed E-state index contributed by atoms with van der Waals surface area (Å²) in [5.74, 6) is 0. The molecule has 1 aliphatic carbocycles. The Hall–Kier alpha value is -1.18. The minimum absolute atomic E-state index is 0.785. The molecule has 0 aromatic heterocycles. The number of hydrogen-bond donors (Lipinski definition) is 1. The molecule has 0 radical (unpaired) electrons. The minimum Gasteiger partial charge on any atom is -0.399 e. The molecule has 0 unspecified atom stereocenters. The van der Waals surface area contributed by atoms with Gasteiger partial charge in [-0.05, 0) is 49.9 Å². The Bertz CT molecular complexity index is 342. The molecule has 0 heterocycles. The highest BCUT2D eigenvalue weighted by atomic mass is 15.2. The summed E-state index contributed by atoms with van der Waals surface area (Å²) >= 11 is 0. The fraction of sp³-hybridized carbons (Fsp3) is 0.538. The number of hydrogen-bond acceptors (Lipinski definition) is 2. The molecule has 0 bridgehead atoms. The fourth-order valence-corrected chi connectivity index (χ4v) is 1.99. The van der Waals surface area contributed by atoms with Gasteiger partial charge in [-0.25, -0.2) is 0 Å². The van der Waals surface area contributed by atoms with E-state index in [1.54, 1.807) is 0 Å². The topological polar surface area (TPSA) is 29.3 Å². The van der Waals surface area contributed by atoms with E-state index in [2.05, 4.69) is 30.9 Å². The summed E-state index contributed by atoms with van der Waals surface area (Å²) in [5.41, 5.74) is 9.26. The van der Waals surface area contributed by atoms with E-state index in [1.165, 1.54) is 30.5 Å². The average molecular weight is 204 g/mol. The molecule has 2 heteroatoms. The molecule has 82 valence electrons. The minimum atomic E-state index is 0.785. The van der Waals surface area contributed by atoms with Crippen molar-refractivity contribution in [3.8, 4) is 0 Å². The van der Waals surface area contributed by atoms with Crippen molar-refractivity contribution in [2.75, 3.05) is 17.2 Å². The van der Waals surface area contributed by atoms with Crippen LogP contribution in [0.2, 0.25) is 0 Å². The molecular weight excluding hydrogens is 184 g/mol. The summed E-state index contributed by atoms with van der Waals surface area (Å²) in [6.45, 7) is 5.48. The Kier molecular flexibility index (Phi) is 2.85. The van der Waals surface area contributed by atoms with Crippen LogP contribution in [0.25, 0.3) is 0 Å². The number of nitrogens with two attached hydrogens (primary N) is 1. The Labute approximate surface area is 92.1 Å². The normalized spacial score (nSPS) is 15.3. The second kappa shape index (κ2) is 4.13. The summed E-state index contributed by atoms with van der Waals surface area (Å²) in [7, 11) is 0. The maximum Gasteiger partial charge on any atom is 0.0372 e. The van der Waals surface area contributed by atoms with Crippen molar-refractivity contribution in [1.82, 2.24) is 0 Å². The molecule has 0 amide bonds. The van der Waals surface area contributed by atoms with Gasteiger partial charge in [-0.15, -0.1) is 0 Å². The number of anilines is 2. The first-order valence-corrected chi connectivity index (χ1v) is 5.85. The van der Waals surface area contributed by atoms with Gasteiger partial charge in [0.2, 0.25) is 0 Å². The molecule has 15 heavy (non-hydrogen) atoms. The first kappa shape index (κ1) is 10.3. The third kappa shape index (κ3) is 2.25. The standard InChI is InChI=1S/C13H20N2/c1-3-8-15(11-4-5-11)12-6-7-13(14)10(2)9-12/h6-7,9,11H,3-5,8,14H2,1-2H3. The van der Waals surface area contributed by atoms with Crippen LogP contribution in [0, 0.1) is 6.92 Å². The highest BCUT2D eigenvalue weighted by Gasteiger charge is 2.28. The van der Waals surface area contributed by atoms with Crippen molar-refractivity contribution in [1.29, 1.82) is 0 Å². The highest BCUT2D eigenvalue weighted by Crippen LogP contribution is 2.32. The van der Waals surface area contributed by atoms with Gasteiger partial charge in [-0.3, -0.25) is 0 Å². The smallest absolute Gasteiger partial charge is 0.0372 e. The van der Waals surface area contributed by atoms with Crippen LogP contribution in [-0.2, 0) is 0 Å². The third-order valence-corrected chi connectivity index (χ3v) is 3.04. The molecule has 0 aliphatic heterocycles. The molecule has 2 N–H and O–H groups in total. The summed E-state index contributed by atoms with van der Waals surface area (Å²) in [4.78, 5) is 2.52. The summed E-state index contributed by atoms with van der Waals surface area (Å²) in [6, 6.07) is 7.17. The van der Waals surface area contributed by atoms with Crippen LogP contribution in [0.3, 0.4) is 0 Å². The summed E-state index contributed by atoms with van der Waals surface area (Å²) < 4.78 is 0. The highest BCUT2D eigenvalue weighted by molar-refractivity contribution is 5.58. The van der Waals surface area contributed by atoms with Crippen LogP contribution < -0.4 is 10.6 Å². The van der Waals surface area contributed by atoms with Gasteiger partial charge in [0.25, 0.3) is 0 Å². The van der Waals surface area contributed by atoms with Gasteiger partial charge < -0.3 is 10.6 Å². The van der Waals surface area contributed by atoms with Crippen LogP contribution in [0.4, 0.5) is 11.4 Å². The maximum absolute atomic E-state index is 5.84. The van der Waals surface area contributed by atoms with Crippen LogP contribution in [-0.4, -0.2) is 12.6 Å². The first-order chi connectivity index (χ1) is 7.22. The SMILES string of the molecule is CCCN(c1ccc(N)c(C)c1)C1CC1. The predicted molar refractivity (Wildman–Crippen MR) is 66.3 cm³/mol. The van der Waals surface area contributed by atoms with Crippen molar-refractivity contribution in [2.45, 2.75) is 39.2 Å². The zero-order valence-electron chi connectivity index (χ0n) is 9.66. The Balaban J connectivity index is 2.21. The lowest BCUT2D eigenvalue weighted by atomic mass is 10.1. The quantitative estimate of drug-likeness (QED) is 0.764. The average Bonchev–Trinajstić information content (AvgIpc) is 3.02. The lowest BCUT2D eigenvalue weighted by Crippen LogP contribution is -2.26. The van der Waals surface area contributed by atoms with Gasteiger partial charge in [0.1, 0.15) is 0 Å². The molecule has 0 spiro atoms. The largest absolute Gasteiger partial charge is 0.399 e. The molecule has 1 aromatic carbocycles. The Morgan fingerprint density at radius 1 is 1.40 bits per heavy atom. The van der Waals surface area contributed by atoms with Gasteiger partial charge in [0.15, 0.2) is 0 Å². The molecule has 2 nitrogen and oxygen atoms in total. The van der Waals surface area contributed by atoms with Crippen LogP contribution >= 0.6 is 0 Å². The molecule has 2 rings (SSSR count). The number of nitrogens with zero attached hydrogens (tertiary/aromatic N) is 1. The summed E-state index contributed by atoms with van der Waals surface area (Å²) in [6.07, 6.45) is 3.91. The fourth-order valence-electron chi connectivity index (χ4n) is 1.99. The Morgan fingerprint density at radius 2 is 2.13 bits per heavy atom. The predicted octanol–water partition coefficient (Wildman–Crippen LogP) is 2.96. The van der Waals surface area contributed by atoms with Crippen molar-refractivity contribution in [3.63, 3.8) is 0 Å². The van der Waals surface area contributed by atoms with E-state index < -0.39 is 0 Å². The van der Waals surface area contributed by atoms with Crippen molar-refractivity contribution < 1.29 is 0 Å². The zero-order valence-corrected chi connectivity index (χ0v) is 9.66. The van der Waals surface area contributed by atoms with Crippen molar-refractivity contribution >= 4 is 11.4 Å². The second-order valence-electron chi connectivity index (χ2n) is 4.47. The van der Waals surface area contributed by atoms with E-state index in [1.807, 2.05) is 6.07 Å². The molecule has 0 atom stereocenters. The van der Waals surface area contributed by atoms with E-state index in [0.717, 1.165) is 18.3 Å². The zero-order chi connectivity index (χ0) is 10.8. The Morgan fingerprint density at radius 3 is 2.67 bits per heavy atom. The maximum atomic E-state index is 5.84. The van der Waals surface area contributed by atoms with Crippen molar-refractivity contribution in [3.05, 3.63) is 23.8 Å². The third-order valence-electron chi connectivity index (χ3n) is 3.04. The second-order valence-corrected chi connectivity index (χ2v) is 4.47. The molecule has 1 aromatic rings. The van der Waals surface area contributed by atoms with Crippen LogP contribution in [0.5, 0.6) is 0 Å². The van der Waals surface area contributed by atoms with E-state index in [4.69, 9.17) is 5.73 Å². The van der Waals surface area contributed by atoms with Gasteiger partial charge >= 0.3 is 0 Å². The van der Waals surface area contributed by atoms with Crippen LogP contribution in [0.15, 0.2) is 18.2 Å². The summed E-state index contributed by atoms with van der Waals surface area (Å²) in [5, 5.41) is 0. The van der Waals surface area contributed by atoms with Gasteiger partial charge in [-0.2, -0.15) is 0 Å². The molecule has 1 aliphatic rings. The van der Waals surface area contributed by atoms with E-state index in [-0.39, 0.29) is 0 Å². The van der Waals surface area contributed by atoms with E-state index in [0.29, 0.717) is 0 Å². The lowest BCUT2D eigenvalue weighted by Gasteiger charge is -2.24. The first-order valence-electron chi connectivity index (χ1n) is 5.85. The number of benzene rings is 1. The van der Waals surface area contributed by atoms with E-state index in [9.17, 15) is 0 Å². The van der Waals surface area contributed by atoms with Gasteiger partial charge in [0, 0.05) is 24.0 Å². The molecule has 0 saturated heterocycles. The van der Waals surface area contributed by atoms with Crippen molar-refractivity contribution in [2.24, 2.45) is 0 Å². The molecule has 1 fully saturated rings. The molecule has 1 saturated carbocycles. The van der Waals surface area contributed by atoms with Gasteiger partial charge in [-0.1, -0.05) is 6.92 Å². The number of rotatable bonds is 4. The lowest BCUT2D eigenvalue weighted by molar-refractivity contribution is 0.763. The van der Waals surface area contributed by atoms with Crippen LogP contribution in [0.1, 0.15) is 31.7 Å². The van der Waals surface area contributed by atoms with Gasteiger partial charge in [0.05, 0.1) is 0 Å². The molecular formula is C13H20N2. The number of aryl methyl sites for hydroxylation is 1. The number of nitrogen functional groups attached to an aromatic ring is 1. The monoisotopic (exact) mass is 204 g/mol.